The second kappa shape index (κ2) is 6.47. The molecule has 0 spiro atoms. The van der Waals surface area contributed by atoms with Crippen LogP contribution in [0.2, 0.25) is 0 Å². The first-order valence-electron chi connectivity index (χ1n) is 6.28. The molecular weight excluding hydrogens is 220 g/mol. The number of hydrogen-bond donors (Lipinski definition) is 2. The van der Waals surface area contributed by atoms with E-state index in [2.05, 4.69) is 10.6 Å². The monoisotopic (exact) mass is 241 g/mol. The summed E-state index contributed by atoms with van der Waals surface area (Å²) in [6.45, 7) is 3.47. The number of carboxylic acids is 1. The molecule has 2 amide bonds. The van der Waals surface area contributed by atoms with Gasteiger partial charge in [-0.2, -0.15) is 0 Å². The minimum atomic E-state index is -1.24. The molecule has 0 aromatic rings. The maximum absolute atomic E-state index is 11.6. The first-order chi connectivity index (χ1) is 8.00. The van der Waals surface area contributed by atoms with Crippen molar-refractivity contribution in [2.75, 3.05) is 0 Å². The zero-order valence-corrected chi connectivity index (χ0v) is 10.5. The van der Waals surface area contributed by atoms with Crippen molar-refractivity contribution in [1.82, 2.24) is 10.6 Å². The van der Waals surface area contributed by atoms with Crippen LogP contribution in [0.15, 0.2) is 0 Å². The lowest BCUT2D eigenvalue weighted by Crippen LogP contribution is -2.55. The Labute approximate surface area is 102 Å². The quantitative estimate of drug-likeness (QED) is 0.747. The number of carbonyl (C=O) groups excluding carboxylic acids is 2. The van der Waals surface area contributed by atoms with Crippen LogP contribution in [0.4, 0.5) is 4.79 Å². The van der Waals surface area contributed by atoms with Gasteiger partial charge in [0.15, 0.2) is 0 Å². The molecule has 5 heteroatoms. The average Bonchev–Trinajstić information content (AvgIpc) is 2.26. The Hall–Kier alpha value is -1.26. The van der Waals surface area contributed by atoms with Gasteiger partial charge in [0.25, 0.3) is 0 Å². The molecule has 1 fully saturated rings. The summed E-state index contributed by atoms with van der Waals surface area (Å²) in [6.07, 6.45) is 5.42. The van der Waals surface area contributed by atoms with Crippen LogP contribution in [0.1, 0.15) is 46.0 Å². The topological polar surface area (TPSA) is 81.3 Å². The Morgan fingerprint density at radius 2 is 1.76 bits per heavy atom. The summed E-state index contributed by atoms with van der Waals surface area (Å²) in [7, 11) is 0. The number of nitrogens with one attached hydrogen (secondary N) is 2. The number of carboxylic acid groups (broad SMARTS) is 1. The zero-order chi connectivity index (χ0) is 12.8. The largest absolute Gasteiger partial charge is 0.548 e. The van der Waals surface area contributed by atoms with Gasteiger partial charge in [0.05, 0.1) is 12.0 Å². The summed E-state index contributed by atoms with van der Waals surface area (Å²) in [5.74, 6) is -1.42. The lowest BCUT2D eigenvalue weighted by atomic mass is 9.96. The number of amides is 2. The predicted octanol–water partition coefficient (Wildman–Crippen LogP) is 0.393. The van der Waals surface area contributed by atoms with Crippen LogP contribution < -0.4 is 15.7 Å². The van der Waals surface area contributed by atoms with Gasteiger partial charge in [-0.05, 0) is 18.8 Å². The van der Waals surface area contributed by atoms with E-state index in [0.29, 0.717) is 0 Å². The molecule has 1 aliphatic rings. The van der Waals surface area contributed by atoms with Crippen molar-refractivity contribution < 1.29 is 14.7 Å². The van der Waals surface area contributed by atoms with Crippen molar-refractivity contribution in [1.29, 1.82) is 0 Å². The van der Waals surface area contributed by atoms with Gasteiger partial charge in [0, 0.05) is 6.04 Å². The summed E-state index contributed by atoms with van der Waals surface area (Å²) in [6, 6.07) is -1.16. The molecule has 1 aliphatic carbocycles. The van der Waals surface area contributed by atoms with Gasteiger partial charge in [0.2, 0.25) is 0 Å². The lowest BCUT2D eigenvalue weighted by Gasteiger charge is -2.27. The highest BCUT2D eigenvalue weighted by atomic mass is 16.4. The van der Waals surface area contributed by atoms with Crippen LogP contribution in [0.25, 0.3) is 0 Å². The van der Waals surface area contributed by atoms with E-state index in [1.807, 2.05) is 0 Å². The Kier molecular flexibility index (Phi) is 5.25. The third-order valence-electron chi connectivity index (χ3n) is 3.15. The summed E-state index contributed by atoms with van der Waals surface area (Å²) in [4.78, 5) is 22.4. The van der Waals surface area contributed by atoms with Gasteiger partial charge in [-0.25, -0.2) is 4.79 Å². The molecule has 0 heterocycles. The van der Waals surface area contributed by atoms with Crippen LogP contribution in [-0.2, 0) is 4.79 Å². The third kappa shape index (κ3) is 4.63. The molecule has 0 unspecified atom stereocenters. The fraction of sp³-hybridized carbons (Fsp3) is 0.833. The van der Waals surface area contributed by atoms with E-state index in [1.54, 1.807) is 13.8 Å². The Bertz CT molecular complexity index is 273. The van der Waals surface area contributed by atoms with Crippen LogP contribution in [0.3, 0.4) is 0 Å². The SMILES string of the molecule is CC(C)[C@H](NC(=O)NC1CCCCC1)C(=O)[O-]. The maximum atomic E-state index is 11.6. The number of rotatable bonds is 4. The van der Waals surface area contributed by atoms with Gasteiger partial charge >= 0.3 is 6.03 Å². The molecule has 0 saturated heterocycles. The molecule has 0 aliphatic heterocycles. The molecule has 0 aromatic heterocycles. The van der Waals surface area contributed by atoms with Crippen LogP contribution in [0.5, 0.6) is 0 Å². The van der Waals surface area contributed by atoms with Gasteiger partial charge in [-0.15, -0.1) is 0 Å². The molecule has 0 aromatic carbocycles. The fourth-order valence-corrected chi connectivity index (χ4v) is 2.11. The summed E-state index contributed by atoms with van der Waals surface area (Å²) >= 11 is 0. The van der Waals surface area contributed by atoms with Crippen molar-refractivity contribution in [2.45, 2.75) is 58.0 Å². The lowest BCUT2D eigenvalue weighted by molar-refractivity contribution is -0.309. The first-order valence-corrected chi connectivity index (χ1v) is 6.28. The van der Waals surface area contributed by atoms with E-state index in [-0.39, 0.29) is 12.0 Å². The number of carbonyl (C=O) groups is 2. The molecule has 98 valence electrons. The van der Waals surface area contributed by atoms with Crippen molar-refractivity contribution in [2.24, 2.45) is 5.92 Å². The van der Waals surface area contributed by atoms with Gasteiger partial charge < -0.3 is 20.5 Å². The van der Waals surface area contributed by atoms with Crippen molar-refractivity contribution in [3.63, 3.8) is 0 Å². The van der Waals surface area contributed by atoms with E-state index < -0.39 is 18.0 Å². The van der Waals surface area contributed by atoms with Crippen LogP contribution in [0, 0.1) is 5.92 Å². The second-order valence-corrected chi connectivity index (χ2v) is 4.99. The van der Waals surface area contributed by atoms with Crippen molar-refractivity contribution >= 4 is 12.0 Å². The van der Waals surface area contributed by atoms with Crippen molar-refractivity contribution in [3.8, 4) is 0 Å². The molecule has 0 bridgehead atoms. The predicted molar refractivity (Wildman–Crippen MR) is 62.2 cm³/mol. The third-order valence-corrected chi connectivity index (χ3v) is 3.15. The van der Waals surface area contributed by atoms with Crippen LogP contribution in [-0.4, -0.2) is 24.1 Å². The van der Waals surface area contributed by atoms with Crippen LogP contribution >= 0.6 is 0 Å². The standard InChI is InChI=1S/C12H22N2O3/c1-8(2)10(11(15)16)14-12(17)13-9-6-4-3-5-7-9/h8-10H,3-7H2,1-2H3,(H,15,16)(H2,13,14,17)/p-1/t10-/m0/s1. The van der Waals surface area contributed by atoms with E-state index in [0.717, 1.165) is 25.7 Å². The van der Waals surface area contributed by atoms with E-state index in [9.17, 15) is 14.7 Å². The Morgan fingerprint density at radius 1 is 1.18 bits per heavy atom. The van der Waals surface area contributed by atoms with Gasteiger partial charge in [-0.3, -0.25) is 0 Å². The number of aliphatic carboxylic acids is 1. The molecule has 1 saturated carbocycles. The van der Waals surface area contributed by atoms with Gasteiger partial charge in [0.1, 0.15) is 0 Å². The molecular formula is C12H21N2O3-. The maximum Gasteiger partial charge on any atom is 0.315 e. The average molecular weight is 241 g/mol. The summed E-state index contributed by atoms with van der Waals surface area (Å²) in [5.41, 5.74) is 0. The molecule has 2 N–H and O–H groups in total. The summed E-state index contributed by atoms with van der Waals surface area (Å²) < 4.78 is 0. The normalized spacial score (nSPS) is 18.8. The number of urea groups is 1. The van der Waals surface area contributed by atoms with E-state index in [4.69, 9.17) is 0 Å². The zero-order valence-electron chi connectivity index (χ0n) is 10.5. The molecule has 1 rings (SSSR count). The van der Waals surface area contributed by atoms with Gasteiger partial charge in [-0.1, -0.05) is 33.1 Å². The summed E-state index contributed by atoms with van der Waals surface area (Å²) in [5, 5.41) is 16.1. The highest BCUT2D eigenvalue weighted by Crippen LogP contribution is 2.17. The smallest absolute Gasteiger partial charge is 0.315 e. The Morgan fingerprint density at radius 3 is 2.24 bits per heavy atom. The van der Waals surface area contributed by atoms with E-state index >= 15 is 0 Å². The first kappa shape index (κ1) is 13.8. The van der Waals surface area contributed by atoms with E-state index in [1.165, 1.54) is 6.42 Å². The molecule has 5 nitrogen and oxygen atoms in total. The Balaban J connectivity index is 2.38. The molecule has 1 atom stereocenters. The van der Waals surface area contributed by atoms with Crippen molar-refractivity contribution in [3.05, 3.63) is 0 Å². The minimum absolute atomic E-state index is 0.179. The highest BCUT2D eigenvalue weighted by Gasteiger charge is 2.20. The second-order valence-electron chi connectivity index (χ2n) is 4.99. The minimum Gasteiger partial charge on any atom is -0.548 e. The number of hydrogen-bond acceptors (Lipinski definition) is 3. The molecule has 17 heavy (non-hydrogen) atoms. The fourth-order valence-electron chi connectivity index (χ4n) is 2.11. The molecule has 0 radical (unpaired) electrons. The highest BCUT2D eigenvalue weighted by molar-refractivity contribution is 5.81.